The molecule has 0 N–H and O–H groups in total. The van der Waals surface area contributed by atoms with Crippen LogP contribution in [0.3, 0.4) is 0 Å². The van der Waals surface area contributed by atoms with E-state index in [-0.39, 0.29) is 276 Å². The molecular weight excluding hydrogens is 1510 g/mol. The van der Waals surface area contributed by atoms with Crippen LogP contribution < -0.4 is 285 Å². The summed E-state index contributed by atoms with van der Waals surface area (Å²) in [4.78, 5) is 7.84. The van der Waals surface area contributed by atoms with Crippen molar-refractivity contribution < 1.29 is 276 Å². The summed E-state index contributed by atoms with van der Waals surface area (Å²) in [6.45, 7) is 5.90. The average Bonchev–Trinajstić information content (AvgIpc) is 1.64. The van der Waals surface area contributed by atoms with Gasteiger partial charge in [0, 0.05) is 44.6 Å². The van der Waals surface area contributed by atoms with Crippen molar-refractivity contribution in [1.29, 1.82) is 10.5 Å². The van der Waals surface area contributed by atoms with Crippen LogP contribution in [-0.4, -0.2) is 0 Å². The molecule has 1 atom stereocenters. The normalized spacial score (nSPS) is 15.0. The Labute approximate surface area is 733 Å². The molecule has 0 amide bonds. The van der Waals surface area contributed by atoms with Crippen LogP contribution in [0.15, 0.2) is 242 Å². The number of anilines is 3. The Morgan fingerprint density at radius 2 is 0.894 bits per heavy atom. The molecule has 0 fully saturated rings. The summed E-state index contributed by atoms with van der Waals surface area (Å²) in [6.07, 6.45) is 1.91. The van der Waals surface area contributed by atoms with Gasteiger partial charge >= 0.3 is 276 Å². The van der Waals surface area contributed by atoms with Crippen molar-refractivity contribution >= 4 is 50.5 Å². The van der Waals surface area contributed by atoms with Crippen molar-refractivity contribution in [1.82, 2.24) is 4.98 Å². The molecule has 380 valence electrons. The van der Waals surface area contributed by atoms with Crippen LogP contribution in [0, 0.1) is 47.8 Å². The summed E-state index contributed by atoms with van der Waals surface area (Å²) in [6, 6.07) is 98.5. The Morgan fingerprint density at radius 1 is 0.424 bits per heavy atom. The van der Waals surface area contributed by atoms with Gasteiger partial charge in [-0.2, -0.15) is 102 Å². The first-order chi connectivity index (χ1) is 39.8. The topological polar surface area (TPSA) is 64.9 Å². The summed E-state index contributed by atoms with van der Waals surface area (Å²) in [5.41, 5.74) is 25.7. The van der Waals surface area contributed by atoms with Crippen molar-refractivity contribution in [2.45, 2.75) is 31.6 Å². The van der Waals surface area contributed by atoms with Crippen molar-refractivity contribution in [3.63, 3.8) is 0 Å². The van der Waals surface area contributed by atoms with Crippen molar-refractivity contribution in [2.24, 2.45) is 0 Å². The van der Waals surface area contributed by atoms with E-state index in [0.717, 1.165) is 117 Å². The minimum absolute atomic E-state index is 0. The molecule has 3 aliphatic carbocycles. The maximum atomic E-state index is 10.8. The minimum atomic E-state index is -0.785. The zero-order valence-corrected chi connectivity index (χ0v) is 73.9. The molecule has 4 nitrogen and oxygen atoms in total. The average molecular weight is 1560 g/mol. The minimum Gasteiger partial charge on any atom is -0.657 e. The number of aryl methyl sites for hydroxylation is 1. The van der Waals surface area contributed by atoms with Crippen molar-refractivity contribution in [3.05, 3.63) is 327 Å². The molecule has 12 aromatic rings. The third-order valence-corrected chi connectivity index (χ3v) is 17.4. The van der Waals surface area contributed by atoms with Crippen molar-refractivity contribution in [2.75, 3.05) is 4.90 Å². The second kappa shape index (κ2) is 26.5. The van der Waals surface area contributed by atoms with Crippen LogP contribution in [0.4, 0.5) is 17.1 Å². The number of nitriles is 2. The molecule has 0 bridgehead atoms. The van der Waals surface area contributed by atoms with E-state index >= 15 is 0 Å². The third-order valence-electron chi connectivity index (χ3n) is 17.4. The first kappa shape index (κ1) is 64.2. The quantitative estimate of drug-likeness (QED) is 0.136. The first-order valence-electron chi connectivity index (χ1n) is 27.4. The molecule has 8 heteroatoms. The van der Waals surface area contributed by atoms with Crippen LogP contribution >= 0.6 is 0 Å². The van der Waals surface area contributed by atoms with E-state index in [1.54, 1.807) is 0 Å². The smallest absolute Gasteiger partial charge is 0.657 e. The molecule has 0 saturated carbocycles. The monoisotopic (exact) mass is 1560 g/mol. The van der Waals surface area contributed by atoms with Gasteiger partial charge < -0.3 is 9.88 Å². The molecule has 0 aliphatic heterocycles. The zero-order valence-electron chi connectivity index (χ0n) is 48.8. The first-order valence-corrected chi connectivity index (χ1v) is 27.4. The number of rotatable bonds is 8. The largest absolute Gasteiger partial charge is 1.00 e. The van der Waals surface area contributed by atoms with E-state index in [0.29, 0.717) is 11.1 Å². The van der Waals surface area contributed by atoms with Gasteiger partial charge in [0.25, 0.3) is 0 Å². The molecular formula is C77H48Cs4N4. The third kappa shape index (κ3) is 10.6. The Bertz CT molecular complexity index is 4650. The van der Waals surface area contributed by atoms with Crippen molar-refractivity contribution in [3.8, 4) is 45.5 Å². The van der Waals surface area contributed by atoms with Crippen LogP contribution in [0.1, 0.15) is 80.6 Å². The van der Waals surface area contributed by atoms with Crippen LogP contribution in [-0.2, 0) is 10.8 Å². The second-order valence-electron chi connectivity index (χ2n) is 21.7. The molecule has 1 aromatic heterocycles. The fourth-order valence-electron chi connectivity index (χ4n) is 13.9. The molecule has 85 heavy (non-hydrogen) atoms. The summed E-state index contributed by atoms with van der Waals surface area (Å²) < 4.78 is 0. The van der Waals surface area contributed by atoms with E-state index < -0.39 is 10.8 Å². The standard InChI is InChI=1S/C77H48N4.4Cs/c1-48-29-32-55(33-30-48)77(54-23-13-6-14-24-54)69-41-61-59-35-31-51(37-49(2)46-78)38-67(59)75(50(3)47-79)68(61)40-62(69)63-42-71-64(43-70(63)77)65-45-74-66(44-72(65)76(71,52-19-9-4-10-20-52)53-21-11-5-12-22-53)60-36-34-58(39-73(60)80-74)81(56-25-15-7-16-26-56)57-27-17-8-18-28-57;;;;/h7-45H,1-3H3;;;;/q-4;4*+1/b49-37-,75-50-;;;;. The summed E-state index contributed by atoms with van der Waals surface area (Å²) >= 11 is 0. The Morgan fingerprint density at radius 3 is 1.42 bits per heavy atom. The molecule has 0 saturated heterocycles. The predicted molar refractivity (Wildman–Crippen MR) is 327 cm³/mol. The number of hydrogen-bond acceptors (Lipinski definition) is 3. The van der Waals surface area contributed by atoms with E-state index in [9.17, 15) is 10.5 Å². The van der Waals surface area contributed by atoms with E-state index in [1.807, 2.05) is 56.3 Å². The summed E-state index contributed by atoms with van der Waals surface area (Å²) in [5, 5.41) is 22.8. The molecule has 3 aliphatic rings. The number of nitrogens with zero attached hydrogens (tertiary/aromatic N) is 4. The number of hydrogen-bond donors (Lipinski definition) is 0. The Hall–Kier alpha value is -2.31. The number of allylic oxidation sites excluding steroid dienone is 2. The molecule has 11 aromatic carbocycles. The molecule has 0 radical (unpaired) electrons. The zero-order chi connectivity index (χ0) is 54.6. The van der Waals surface area contributed by atoms with Gasteiger partial charge in [-0.15, -0.1) is 27.7 Å². The van der Waals surface area contributed by atoms with Gasteiger partial charge in [0.1, 0.15) is 0 Å². The van der Waals surface area contributed by atoms with Crippen LogP contribution in [0.2, 0.25) is 0 Å². The molecule has 15 rings (SSSR count). The number of fused-ring (bicyclic) bond motifs is 12. The van der Waals surface area contributed by atoms with E-state index in [2.05, 4.69) is 236 Å². The van der Waals surface area contributed by atoms with Gasteiger partial charge in [-0.25, -0.2) is 0 Å². The van der Waals surface area contributed by atoms with E-state index in [1.165, 1.54) is 27.8 Å². The SMILES string of the molecule is C/C(C#N)=C/c1ccc2c(c1)/C(=C(\C)C#N)c1cc3c(cc1-2)C(c1cc[c-]cc1)(c1ccc(C)cc1)c1cc2c(cc1-3)C(c1cc[c-]cc1)(c1cc[c-]cc1)c1cc3c(cc1-2)[n-]c1cc(N(c2ccccc2)c2ccccc2)ccc13.[Cs+].[Cs+].[Cs+].[Cs+]. The fraction of sp³-hybridized carbons (Fsp3) is 0.0649. The molecule has 0 spiro atoms. The summed E-state index contributed by atoms with van der Waals surface area (Å²) in [7, 11) is 0. The van der Waals surface area contributed by atoms with Crippen LogP contribution in [0.25, 0.3) is 66.8 Å². The fourth-order valence-corrected chi connectivity index (χ4v) is 13.9. The molecule has 1 unspecified atom stereocenters. The summed E-state index contributed by atoms with van der Waals surface area (Å²) in [5.74, 6) is 0. The Balaban J connectivity index is 0.00000188. The maximum absolute atomic E-state index is 10.8. The van der Waals surface area contributed by atoms with Gasteiger partial charge in [0.05, 0.1) is 12.1 Å². The van der Waals surface area contributed by atoms with E-state index in [4.69, 9.17) is 4.98 Å². The van der Waals surface area contributed by atoms with Gasteiger partial charge in [0.2, 0.25) is 0 Å². The van der Waals surface area contributed by atoms with Gasteiger partial charge in [-0.3, -0.25) is 0 Å². The maximum Gasteiger partial charge on any atom is 1.00 e. The Kier molecular flexibility index (Phi) is 20.0. The number of benzene rings is 11. The molecule has 1 heterocycles. The predicted octanol–water partition coefficient (Wildman–Crippen LogP) is 6.12. The number of para-hydroxylation sites is 2. The van der Waals surface area contributed by atoms with Gasteiger partial charge in [0.15, 0.2) is 0 Å². The number of aromatic nitrogens is 1. The van der Waals surface area contributed by atoms with Gasteiger partial charge in [-0.1, -0.05) is 103 Å². The van der Waals surface area contributed by atoms with Crippen LogP contribution in [0.5, 0.6) is 0 Å². The second-order valence-corrected chi connectivity index (χ2v) is 21.7. The van der Waals surface area contributed by atoms with Gasteiger partial charge in [-0.05, 0) is 176 Å².